The average Bonchev–Trinajstić information content (AvgIpc) is 3.02. The number of methoxy groups -OCH3 is 2. The minimum absolute atomic E-state index is 0.264. The summed E-state index contributed by atoms with van der Waals surface area (Å²) in [6.07, 6.45) is 2.65. The van der Waals surface area contributed by atoms with Gasteiger partial charge in [-0.2, -0.15) is 4.98 Å². The van der Waals surface area contributed by atoms with E-state index in [0.717, 1.165) is 25.1 Å². The average molecular weight is 332 g/mol. The van der Waals surface area contributed by atoms with Gasteiger partial charge in [0, 0.05) is 37.9 Å². The van der Waals surface area contributed by atoms with Crippen molar-refractivity contribution in [2.45, 2.75) is 19.0 Å². The zero-order chi connectivity index (χ0) is 16.9. The highest BCUT2D eigenvalue weighted by molar-refractivity contribution is 5.31. The van der Waals surface area contributed by atoms with Crippen LogP contribution in [0.3, 0.4) is 0 Å². The summed E-state index contributed by atoms with van der Waals surface area (Å²) in [4.78, 5) is 10.8. The molecule has 1 fully saturated rings. The van der Waals surface area contributed by atoms with Crippen LogP contribution >= 0.6 is 0 Å². The van der Waals surface area contributed by atoms with Crippen molar-refractivity contribution < 1.29 is 13.9 Å². The molecule has 1 aliphatic heterocycles. The molecule has 1 aliphatic rings. The van der Waals surface area contributed by atoms with Crippen LogP contribution in [0.4, 0.5) is 10.3 Å². The Balaban J connectivity index is 1.56. The van der Waals surface area contributed by atoms with E-state index in [1.807, 2.05) is 6.07 Å². The Morgan fingerprint density at radius 2 is 2.17 bits per heavy atom. The Hall–Kier alpha value is -2.41. The maximum Gasteiger partial charge on any atom is 0.226 e. The Kier molecular flexibility index (Phi) is 5.10. The molecule has 7 heteroatoms. The fourth-order valence-electron chi connectivity index (χ4n) is 2.87. The highest BCUT2D eigenvalue weighted by atomic mass is 19.1. The summed E-state index contributed by atoms with van der Waals surface area (Å²) in [5.41, 5.74) is 0.937. The zero-order valence-electron chi connectivity index (χ0n) is 13.8. The summed E-state index contributed by atoms with van der Waals surface area (Å²) >= 11 is 0. The van der Waals surface area contributed by atoms with Crippen molar-refractivity contribution in [1.82, 2.24) is 14.9 Å². The number of anilines is 1. The molecule has 24 heavy (non-hydrogen) atoms. The number of nitrogens with one attached hydrogen (secondary N) is 1. The number of rotatable bonds is 6. The second-order valence-electron chi connectivity index (χ2n) is 5.76. The zero-order valence-corrected chi connectivity index (χ0v) is 13.8. The Bertz CT molecular complexity index is 698. The minimum atomic E-state index is -0.325. The van der Waals surface area contributed by atoms with E-state index in [1.54, 1.807) is 25.4 Å². The number of halogens is 1. The number of benzene rings is 1. The van der Waals surface area contributed by atoms with Crippen LogP contribution in [-0.4, -0.2) is 48.2 Å². The highest BCUT2D eigenvalue weighted by Crippen LogP contribution is 2.21. The number of ether oxygens (including phenoxy) is 2. The van der Waals surface area contributed by atoms with E-state index in [1.165, 1.54) is 13.2 Å². The van der Waals surface area contributed by atoms with Crippen molar-refractivity contribution in [2.75, 3.05) is 32.6 Å². The summed E-state index contributed by atoms with van der Waals surface area (Å²) in [5, 5.41) is 3.32. The van der Waals surface area contributed by atoms with Crippen LogP contribution in [0.1, 0.15) is 12.0 Å². The van der Waals surface area contributed by atoms with E-state index in [-0.39, 0.29) is 17.6 Å². The van der Waals surface area contributed by atoms with Gasteiger partial charge in [-0.05, 0) is 24.1 Å². The van der Waals surface area contributed by atoms with Gasteiger partial charge in [-0.25, -0.2) is 9.37 Å². The van der Waals surface area contributed by atoms with E-state index in [0.29, 0.717) is 18.4 Å². The molecule has 0 spiro atoms. The van der Waals surface area contributed by atoms with Gasteiger partial charge in [0.2, 0.25) is 11.8 Å². The monoisotopic (exact) mass is 332 g/mol. The first-order valence-electron chi connectivity index (χ1n) is 7.86. The van der Waals surface area contributed by atoms with Crippen LogP contribution in [0.15, 0.2) is 30.5 Å². The molecular formula is C17H21FN4O2. The normalized spacial score (nSPS) is 17.7. The fourth-order valence-corrected chi connectivity index (χ4v) is 2.87. The molecule has 0 saturated carbocycles. The van der Waals surface area contributed by atoms with E-state index in [2.05, 4.69) is 20.2 Å². The number of aromatic nitrogens is 2. The summed E-state index contributed by atoms with van der Waals surface area (Å²) < 4.78 is 23.8. The van der Waals surface area contributed by atoms with Gasteiger partial charge in [-0.15, -0.1) is 0 Å². The number of likely N-dealkylation sites (tertiary alicyclic amines) is 1. The first-order chi connectivity index (χ1) is 11.7. The molecule has 0 aliphatic carbocycles. The van der Waals surface area contributed by atoms with Crippen molar-refractivity contribution in [1.29, 1.82) is 0 Å². The lowest BCUT2D eigenvalue weighted by molar-refractivity contribution is 0.327. The third-order valence-corrected chi connectivity index (χ3v) is 4.07. The quantitative estimate of drug-likeness (QED) is 0.876. The van der Waals surface area contributed by atoms with E-state index in [4.69, 9.17) is 9.47 Å². The molecule has 1 unspecified atom stereocenters. The van der Waals surface area contributed by atoms with Gasteiger partial charge >= 0.3 is 0 Å². The van der Waals surface area contributed by atoms with E-state index in [9.17, 15) is 4.39 Å². The molecule has 1 saturated heterocycles. The third kappa shape index (κ3) is 3.91. The second-order valence-corrected chi connectivity index (χ2v) is 5.76. The Morgan fingerprint density at radius 1 is 1.29 bits per heavy atom. The molecule has 2 aromatic rings. The predicted octanol–water partition coefficient (Wildman–Crippen LogP) is 2.32. The largest absolute Gasteiger partial charge is 0.494 e. The summed E-state index contributed by atoms with van der Waals surface area (Å²) in [7, 11) is 3.05. The summed E-state index contributed by atoms with van der Waals surface area (Å²) in [6.45, 7) is 2.50. The minimum Gasteiger partial charge on any atom is -0.494 e. The lowest BCUT2D eigenvalue weighted by atomic mass is 10.2. The van der Waals surface area contributed by atoms with Gasteiger partial charge in [-0.1, -0.05) is 6.07 Å². The molecule has 0 amide bonds. The van der Waals surface area contributed by atoms with Gasteiger partial charge in [0.25, 0.3) is 0 Å². The van der Waals surface area contributed by atoms with Gasteiger partial charge in [-0.3, -0.25) is 4.90 Å². The van der Waals surface area contributed by atoms with Crippen LogP contribution in [0.5, 0.6) is 11.6 Å². The number of hydrogen-bond donors (Lipinski definition) is 1. The van der Waals surface area contributed by atoms with Crippen molar-refractivity contribution in [3.8, 4) is 11.6 Å². The lowest BCUT2D eigenvalue weighted by Crippen LogP contribution is -2.26. The first kappa shape index (κ1) is 16.4. The molecule has 1 aromatic carbocycles. The van der Waals surface area contributed by atoms with Crippen LogP contribution in [0, 0.1) is 5.82 Å². The fraction of sp³-hybridized carbons (Fsp3) is 0.412. The molecule has 0 radical (unpaired) electrons. The molecular weight excluding hydrogens is 311 g/mol. The Morgan fingerprint density at radius 3 is 2.92 bits per heavy atom. The molecule has 1 N–H and O–H groups in total. The van der Waals surface area contributed by atoms with Gasteiger partial charge < -0.3 is 14.8 Å². The summed E-state index contributed by atoms with van der Waals surface area (Å²) in [6, 6.07) is 7.07. The summed E-state index contributed by atoms with van der Waals surface area (Å²) in [5.74, 6) is 1.05. The molecule has 1 aromatic heterocycles. The molecule has 0 bridgehead atoms. The maximum absolute atomic E-state index is 13.8. The van der Waals surface area contributed by atoms with Crippen LogP contribution in [-0.2, 0) is 6.54 Å². The van der Waals surface area contributed by atoms with Crippen LogP contribution in [0.2, 0.25) is 0 Å². The predicted molar refractivity (Wildman–Crippen MR) is 88.8 cm³/mol. The first-order valence-corrected chi connectivity index (χ1v) is 7.86. The molecule has 3 rings (SSSR count). The standard InChI is InChI=1S/C17H21FN4O2/c1-23-15-4-3-12(9-14(15)18)10-22-8-6-13(11-22)20-17-19-7-5-16(21-17)24-2/h3-5,7,9,13H,6,8,10-11H2,1-2H3,(H,19,20,21). The van der Waals surface area contributed by atoms with Crippen molar-refractivity contribution >= 4 is 5.95 Å². The van der Waals surface area contributed by atoms with Gasteiger partial charge in [0.05, 0.1) is 14.2 Å². The second kappa shape index (κ2) is 7.44. The maximum atomic E-state index is 13.8. The molecule has 6 nitrogen and oxygen atoms in total. The van der Waals surface area contributed by atoms with Gasteiger partial charge in [0.15, 0.2) is 11.6 Å². The van der Waals surface area contributed by atoms with Crippen molar-refractivity contribution in [2.24, 2.45) is 0 Å². The van der Waals surface area contributed by atoms with Crippen LogP contribution in [0.25, 0.3) is 0 Å². The highest BCUT2D eigenvalue weighted by Gasteiger charge is 2.23. The van der Waals surface area contributed by atoms with Gasteiger partial charge in [0.1, 0.15) is 0 Å². The topological polar surface area (TPSA) is 59.5 Å². The molecule has 1 atom stereocenters. The number of hydrogen-bond acceptors (Lipinski definition) is 6. The molecule has 128 valence electrons. The lowest BCUT2D eigenvalue weighted by Gasteiger charge is -2.17. The smallest absolute Gasteiger partial charge is 0.226 e. The van der Waals surface area contributed by atoms with E-state index >= 15 is 0 Å². The SMILES string of the molecule is COc1ccnc(NC2CCN(Cc3ccc(OC)c(F)c3)C2)n1. The van der Waals surface area contributed by atoms with Crippen molar-refractivity contribution in [3.05, 3.63) is 41.8 Å². The molecule has 2 heterocycles. The van der Waals surface area contributed by atoms with Crippen molar-refractivity contribution in [3.63, 3.8) is 0 Å². The number of nitrogens with zero attached hydrogens (tertiary/aromatic N) is 3. The third-order valence-electron chi connectivity index (χ3n) is 4.07. The van der Waals surface area contributed by atoms with E-state index < -0.39 is 0 Å². The Labute approximate surface area is 140 Å². The van der Waals surface area contributed by atoms with Crippen LogP contribution < -0.4 is 14.8 Å².